The van der Waals surface area contributed by atoms with E-state index in [0.717, 1.165) is 5.56 Å². The summed E-state index contributed by atoms with van der Waals surface area (Å²) in [5, 5.41) is 18.9. The molecule has 2 bridgehead atoms. The number of amides is 4. The predicted octanol–water partition coefficient (Wildman–Crippen LogP) is 3.05. The second-order valence-electron chi connectivity index (χ2n) is 11.2. The Morgan fingerprint density at radius 2 is 1.81 bits per heavy atom. The molecule has 47 heavy (non-hydrogen) atoms. The molecule has 4 aromatic rings. The zero-order chi connectivity index (χ0) is 33.5. The molecule has 1 aliphatic rings. The number of nitrogens with one attached hydrogen (secondary N) is 3. The Bertz CT molecular complexity index is 1770. The van der Waals surface area contributed by atoms with Gasteiger partial charge < -0.3 is 39.8 Å². The fourth-order valence-electron chi connectivity index (χ4n) is 5.28. The second kappa shape index (κ2) is 14.8. The Morgan fingerprint density at radius 1 is 1.02 bits per heavy atom. The molecule has 4 N–H and O–H groups in total. The van der Waals surface area contributed by atoms with Crippen LogP contribution in [-0.4, -0.2) is 85.2 Å². The molecule has 5 rings (SSSR count). The number of rotatable bonds is 5. The van der Waals surface area contributed by atoms with E-state index < -0.39 is 35.8 Å². The fraction of sp³-hybridized carbons (Fsp3) is 0.314. The van der Waals surface area contributed by atoms with Gasteiger partial charge in [-0.1, -0.05) is 36.4 Å². The zero-order valence-electron chi connectivity index (χ0n) is 26.5. The number of aryl methyl sites for hydroxylation is 1. The lowest BCUT2D eigenvalue weighted by atomic mass is 10.0. The van der Waals surface area contributed by atoms with Crippen LogP contribution in [0.15, 0.2) is 71.1 Å². The van der Waals surface area contributed by atoms with Crippen LogP contribution in [0.25, 0.3) is 22.3 Å². The van der Waals surface area contributed by atoms with Gasteiger partial charge in [-0.2, -0.15) is 0 Å². The van der Waals surface area contributed by atoms with E-state index >= 15 is 0 Å². The molecule has 12 heteroatoms. The number of ether oxygens (including phenoxy) is 2. The third kappa shape index (κ3) is 7.72. The van der Waals surface area contributed by atoms with Crippen molar-refractivity contribution in [3.05, 3.63) is 83.4 Å². The van der Waals surface area contributed by atoms with E-state index in [2.05, 4.69) is 16.0 Å². The Balaban J connectivity index is 1.48. The lowest BCUT2D eigenvalue weighted by Gasteiger charge is -2.24. The van der Waals surface area contributed by atoms with Crippen molar-refractivity contribution in [3.63, 3.8) is 0 Å². The molecule has 4 amide bonds. The van der Waals surface area contributed by atoms with E-state index in [0.29, 0.717) is 40.4 Å². The Labute approximate surface area is 272 Å². The molecule has 0 saturated carbocycles. The lowest BCUT2D eigenvalue weighted by Crippen LogP contribution is -2.53. The number of carbonyl (C=O) groups excluding carboxylic acids is 4. The Kier molecular flexibility index (Phi) is 10.4. The van der Waals surface area contributed by atoms with Crippen molar-refractivity contribution in [2.24, 2.45) is 0 Å². The van der Waals surface area contributed by atoms with Gasteiger partial charge in [0.15, 0.2) is 0 Å². The molecule has 0 unspecified atom stereocenters. The maximum atomic E-state index is 14.4. The zero-order valence-corrected chi connectivity index (χ0v) is 26.5. The van der Waals surface area contributed by atoms with Gasteiger partial charge in [0.25, 0.3) is 11.8 Å². The van der Waals surface area contributed by atoms with Crippen molar-refractivity contribution < 1.29 is 38.2 Å². The van der Waals surface area contributed by atoms with Gasteiger partial charge in [0.05, 0.1) is 31.4 Å². The van der Waals surface area contributed by atoms with E-state index in [-0.39, 0.29) is 43.9 Å². The number of carbonyl (C=O) groups is 4. The summed E-state index contributed by atoms with van der Waals surface area (Å²) in [6, 6.07) is 17.9. The smallest absolute Gasteiger partial charge is 0.258 e. The first kappa shape index (κ1) is 33.0. The van der Waals surface area contributed by atoms with Crippen LogP contribution >= 0.6 is 0 Å². The normalized spacial score (nSPS) is 17.1. The summed E-state index contributed by atoms with van der Waals surface area (Å²) in [6.07, 6.45) is -1.23. The van der Waals surface area contributed by atoms with Crippen LogP contribution in [0.2, 0.25) is 0 Å². The highest BCUT2D eigenvalue weighted by atomic mass is 16.5. The highest BCUT2D eigenvalue weighted by Gasteiger charge is 2.30. The van der Waals surface area contributed by atoms with Gasteiger partial charge >= 0.3 is 0 Å². The number of furan rings is 1. The molecule has 0 fully saturated rings. The molecule has 2 atom stereocenters. The number of benzene rings is 3. The largest absolute Gasteiger partial charge is 0.494 e. The van der Waals surface area contributed by atoms with Crippen molar-refractivity contribution in [1.29, 1.82) is 0 Å². The first-order valence-electron chi connectivity index (χ1n) is 15.5. The molecule has 1 aromatic heterocycles. The van der Waals surface area contributed by atoms with Crippen molar-refractivity contribution >= 4 is 34.6 Å². The van der Waals surface area contributed by atoms with Crippen molar-refractivity contribution in [2.45, 2.75) is 32.9 Å². The van der Waals surface area contributed by atoms with Crippen LogP contribution in [0, 0.1) is 6.92 Å². The minimum atomic E-state index is -1.28. The summed E-state index contributed by atoms with van der Waals surface area (Å²) in [6.45, 7) is 5.26. The summed E-state index contributed by atoms with van der Waals surface area (Å²) in [5.74, 6) is -0.856. The summed E-state index contributed by atoms with van der Waals surface area (Å²) >= 11 is 0. The van der Waals surface area contributed by atoms with Crippen LogP contribution < -0.4 is 25.4 Å². The van der Waals surface area contributed by atoms with Gasteiger partial charge in [0.1, 0.15) is 35.5 Å². The number of aliphatic hydroxyl groups excluding tert-OH is 1. The predicted molar refractivity (Wildman–Crippen MR) is 174 cm³/mol. The summed E-state index contributed by atoms with van der Waals surface area (Å²) < 4.78 is 17.7. The van der Waals surface area contributed by atoms with E-state index in [1.54, 1.807) is 36.4 Å². The molecule has 2 heterocycles. The van der Waals surface area contributed by atoms with Crippen LogP contribution in [0.1, 0.15) is 40.1 Å². The van der Waals surface area contributed by atoms with Crippen LogP contribution in [0.5, 0.6) is 11.5 Å². The van der Waals surface area contributed by atoms with E-state index in [1.807, 2.05) is 44.2 Å². The number of nitrogens with zero attached hydrogens (tertiary/aromatic N) is 1. The quantitative estimate of drug-likeness (QED) is 0.259. The van der Waals surface area contributed by atoms with Crippen LogP contribution in [0.4, 0.5) is 0 Å². The average Bonchev–Trinajstić information content (AvgIpc) is 3.44. The van der Waals surface area contributed by atoms with Gasteiger partial charge in [-0.3, -0.25) is 19.2 Å². The minimum Gasteiger partial charge on any atom is -0.494 e. The minimum absolute atomic E-state index is 0.0685. The third-order valence-electron chi connectivity index (χ3n) is 7.71. The first-order chi connectivity index (χ1) is 22.7. The SMILES string of the molecule is CCOc1ccc2oc(-c3ccccc3)c(C(=O)N3CCNC(=O)[C@H]([C@@H](C)O)NC(=O)c4ccc(C)c(c4)OCCNC(=O)C3)c2c1. The van der Waals surface area contributed by atoms with E-state index in [1.165, 1.54) is 11.8 Å². The van der Waals surface area contributed by atoms with Gasteiger partial charge in [-0.15, -0.1) is 0 Å². The molecule has 246 valence electrons. The standard InChI is InChI=1S/C35H38N4O8/c1-4-45-25-12-13-27-26(19-25)30(32(47-27)23-8-6-5-7-9-23)35(44)39-16-14-37-34(43)31(22(3)40)38-33(42)24-11-10-21(2)28(18-24)46-17-15-36-29(41)20-39/h5-13,18-19,22,31,40H,4,14-17,20H2,1-3H3,(H,36,41)(H,37,43)(H,38,42)/t22-,31+/m1/s1. The van der Waals surface area contributed by atoms with Crippen molar-refractivity contribution in [3.8, 4) is 22.8 Å². The average molecular weight is 643 g/mol. The van der Waals surface area contributed by atoms with Gasteiger partial charge in [-0.25, -0.2) is 0 Å². The molecule has 12 nitrogen and oxygen atoms in total. The van der Waals surface area contributed by atoms with Crippen molar-refractivity contribution in [1.82, 2.24) is 20.9 Å². The molecule has 0 aliphatic carbocycles. The molecule has 0 radical (unpaired) electrons. The third-order valence-corrected chi connectivity index (χ3v) is 7.71. The molecule has 1 aliphatic heterocycles. The maximum Gasteiger partial charge on any atom is 0.258 e. The number of hydrogen-bond donors (Lipinski definition) is 4. The number of aliphatic hydroxyl groups is 1. The number of fused-ring (bicyclic) bond motifs is 3. The monoisotopic (exact) mass is 642 g/mol. The highest BCUT2D eigenvalue weighted by molar-refractivity contribution is 6.12. The summed E-state index contributed by atoms with van der Waals surface area (Å²) in [5.41, 5.74) is 2.38. The van der Waals surface area contributed by atoms with Crippen molar-refractivity contribution in [2.75, 3.05) is 39.4 Å². The van der Waals surface area contributed by atoms with Gasteiger partial charge in [0, 0.05) is 29.6 Å². The molecule has 0 saturated heterocycles. The molecular formula is C35H38N4O8. The van der Waals surface area contributed by atoms with E-state index in [4.69, 9.17) is 13.9 Å². The molecule has 3 aromatic carbocycles. The Morgan fingerprint density at radius 3 is 2.55 bits per heavy atom. The van der Waals surface area contributed by atoms with Crippen LogP contribution in [0.3, 0.4) is 0 Å². The molecule has 0 spiro atoms. The Hall–Kier alpha value is -5.36. The van der Waals surface area contributed by atoms with E-state index in [9.17, 15) is 24.3 Å². The maximum absolute atomic E-state index is 14.4. The fourth-order valence-corrected chi connectivity index (χ4v) is 5.28. The molecular weight excluding hydrogens is 604 g/mol. The topological polar surface area (TPSA) is 159 Å². The highest BCUT2D eigenvalue weighted by Crippen LogP contribution is 2.36. The van der Waals surface area contributed by atoms with Crippen LogP contribution in [-0.2, 0) is 9.59 Å². The number of hydrogen-bond acceptors (Lipinski definition) is 8. The first-order valence-corrected chi connectivity index (χ1v) is 15.5. The summed E-state index contributed by atoms with van der Waals surface area (Å²) in [4.78, 5) is 55.2. The van der Waals surface area contributed by atoms with Gasteiger partial charge in [0.2, 0.25) is 11.8 Å². The van der Waals surface area contributed by atoms with Gasteiger partial charge in [-0.05, 0) is 56.7 Å². The lowest BCUT2D eigenvalue weighted by molar-refractivity contribution is -0.125. The second-order valence-corrected chi connectivity index (χ2v) is 11.2. The summed E-state index contributed by atoms with van der Waals surface area (Å²) in [7, 11) is 0.